The van der Waals surface area contributed by atoms with Crippen molar-refractivity contribution in [3.63, 3.8) is 0 Å². The van der Waals surface area contributed by atoms with E-state index in [1.807, 2.05) is 36.5 Å². The number of hydrogen-bond acceptors (Lipinski definition) is 6. The number of benzene rings is 2. The average molecular weight is 562 g/mol. The molecule has 208 valence electrons. The summed E-state index contributed by atoms with van der Waals surface area (Å²) >= 11 is 6.10. The third-order valence-corrected chi connectivity index (χ3v) is 8.05. The van der Waals surface area contributed by atoms with Crippen molar-refractivity contribution < 1.29 is 19.1 Å². The summed E-state index contributed by atoms with van der Waals surface area (Å²) in [7, 11) is 0. The number of nitrogens with two attached hydrogens (primary N) is 1. The Hall–Kier alpha value is -4.11. The zero-order valence-corrected chi connectivity index (χ0v) is 23.0. The number of carbonyl (C=O) groups excluding carboxylic acids is 3. The van der Waals surface area contributed by atoms with Crippen LogP contribution in [0.1, 0.15) is 18.1 Å². The molecule has 2 amide bonds. The number of fused-ring (bicyclic) bond motifs is 2. The number of nitrogens with one attached hydrogen (secondary N) is 2. The lowest BCUT2D eigenvalue weighted by Crippen LogP contribution is -2.51. The number of allylic oxidation sites excluding steroid dienone is 1. The quantitative estimate of drug-likeness (QED) is 0.231. The van der Waals surface area contributed by atoms with Crippen molar-refractivity contribution in [1.82, 2.24) is 14.8 Å². The van der Waals surface area contributed by atoms with Crippen LogP contribution in [0.3, 0.4) is 0 Å². The van der Waals surface area contributed by atoms with E-state index >= 15 is 0 Å². The number of carbonyl (C=O) groups is 3. The van der Waals surface area contributed by atoms with Crippen molar-refractivity contribution in [3.05, 3.63) is 82.7 Å². The second-order valence-corrected chi connectivity index (χ2v) is 10.8. The van der Waals surface area contributed by atoms with Crippen LogP contribution in [0.25, 0.3) is 10.9 Å². The highest BCUT2D eigenvalue weighted by Gasteiger charge is 2.48. The van der Waals surface area contributed by atoms with Gasteiger partial charge in [0.2, 0.25) is 5.91 Å². The molecule has 3 atom stereocenters. The molecule has 0 radical (unpaired) electrons. The van der Waals surface area contributed by atoms with Crippen LogP contribution in [-0.2, 0) is 25.5 Å². The average Bonchev–Trinajstić information content (AvgIpc) is 3.56. The fourth-order valence-electron chi connectivity index (χ4n) is 5.82. The number of likely N-dealkylation sites (tertiary alicyclic amines) is 2. The maximum Gasteiger partial charge on any atom is 0.311 e. The Morgan fingerprint density at radius 3 is 2.60 bits per heavy atom. The smallest absolute Gasteiger partial charge is 0.311 e. The second-order valence-electron chi connectivity index (χ2n) is 10.4. The molecule has 2 aromatic carbocycles. The van der Waals surface area contributed by atoms with Crippen LogP contribution in [0, 0.1) is 23.2 Å². The third kappa shape index (κ3) is 5.60. The van der Waals surface area contributed by atoms with E-state index in [2.05, 4.69) is 4.98 Å². The lowest BCUT2D eigenvalue weighted by molar-refractivity contribution is -0.155. The van der Waals surface area contributed by atoms with Crippen molar-refractivity contribution in [2.75, 3.05) is 32.8 Å². The molecule has 3 heterocycles. The first-order valence-electron chi connectivity index (χ1n) is 13.4. The molecule has 9 nitrogen and oxygen atoms in total. The number of ether oxygens (including phenoxy) is 1. The van der Waals surface area contributed by atoms with Crippen LogP contribution in [0.4, 0.5) is 0 Å². The van der Waals surface area contributed by atoms with Crippen LogP contribution in [0.2, 0.25) is 5.02 Å². The topological polar surface area (TPSA) is 133 Å². The van der Waals surface area contributed by atoms with Crippen LogP contribution >= 0.6 is 11.6 Å². The maximum atomic E-state index is 13.5. The number of esters is 1. The predicted octanol–water partition coefficient (Wildman–Crippen LogP) is 3.37. The van der Waals surface area contributed by atoms with E-state index in [1.165, 1.54) is 6.08 Å². The molecule has 0 aliphatic carbocycles. The zero-order chi connectivity index (χ0) is 28.4. The summed E-state index contributed by atoms with van der Waals surface area (Å²) in [6.45, 7) is 3.35. The predicted molar refractivity (Wildman–Crippen MR) is 153 cm³/mol. The van der Waals surface area contributed by atoms with Gasteiger partial charge in [0.05, 0.1) is 30.4 Å². The number of aromatic nitrogens is 1. The van der Waals surface area contributed by atoms with Gasteiger partial charge in [-0.2, -0.15) is 0 Å². The largest absolute Gasteiger partial charge is 0.466 e. The van der Waals surface area contributed by atoms with E-state index in [-0.39, 0.29) is 60.6 Å². The molecule has 40 heavy (non-hydrogen) atoms. The van der Waals surface area contributed by atoms with Gasteiger partial charge in [-0.15, -0.1) is 0 Å². The molecule has 2 saturated heterocycles. The first-order valence-corrected chi connectivity index (χ1v) is 13.7. The molecular weight excluding hydrogens is 530 g/mol. The van der Waals surface area contributed by atoms with Crippen molar-refractivity contribution in [2.45, 2.75) is 13.3 Å². The van der Waals surface area contributed by atoms with Crippen molar-refractivity contribution in [1.29, 1.82) is 5.41 Å². The Labute approximate surface area is 237 Å². The molecule has 5 rings (SSSR count). The monoisotopic (exact) mass is 561 g/mol. The molecule has 10 heteroatoms. The standard InChI is InChI=1S/C30H32ClN5O4/c1-2-40-30(39)24-17-35(28(37)10-19-13-34-27-11-21(31)8-9-22(19)27)14-20-15-36(16-23(20)24)29(38)26(33)12-25(32)18-6-4-3-5-7-18/h3-9,11-13,20,23-24,32,34H,2,10,14-17,33H2,1H3/b26-12-,32-25?. The Kier molecular flexibility index (Phi) is 7.93. The van der Waals surface area contributed by atoms with Gasteiger partial charge < -0.3 is 30.7 Å². The summed E-state index contributed by atoms with van der Waals surface area (Å²) < 4.78 is 5.38. The summed E-state index contributed by atoms with van der Waals surface area (Å²) in [5.41, 5.74) is 8.61. The molecule has 0 saturated carbocycles. The fraction of sp³-hybridized carbons (Fsp3) is 0.333. The minimum Gasteiger partial charge on any atom is -0.466 e. The summed E-state index contributed by atoms with van der Waals surface area (Å²) in [5.74, 6) is -1.63. The third-order valence-electron chi connectivity index (χ3n) is 7.81. The number of amides is 2. The van der Waals surface area contributed by atoms with E-state index in [4.69, 9.17) is 27.5 Å². The molecule has 2 aliphatic rings. The van der Waals surface area contributed by atoms with Gasteiger partial charge in [0.15, 0.2) is 0 Å². The lowest BCUT2D eigenvalue weighted by Gasteiger charge is -2.39. The van der Waals surface area contributed by atoms with Gasteiger partial charge in [0.1, 0.15) is 0 Å². The molecular formula is C30H32ClN5O4. The fourth-order valence-corrected chi connectivity index (χ4v) is 6.00. The first kappa shape index (κ1) is 27.5. The van der Waals surface area contributed by atoms with E-state index in [0.717, 1.165) is 16.5 Å². The van der Waals surface area contributed by atoms with Gasteiger partial charge in [-0.25, -0.2) is 0 Å². The molecule has 3 aromatic rings. The number of halogens is 1. The second kappa shape index (κ2) is 11.6. The summed E-state index contributed by atoms with van der Waals surface area (Å²) in [6, 6.07) is 14.5. The number of rotatable bonds is 7. The van der Waals surface area contributed by atoms with Crippen molar-refractivity contribution >= 4 is 46.0 Å². The van der Waals surface area contributed by atoms with Crippen LogP contribution < -0.4 is 5.73 Å². The Morgan fingerprint density at radius 2 is 1.85 bits per heavy atom. The van der Waals surface area contributed by atoms with E-state index in [9.17, 15) is 14.4 Å². The Balaban J connectivity index is 1.32. The maximum absolute atomic E-state index is 13.5. The molecule has 2 fully saturated rings. The molecule has 0 spiro atoms. The zero-order valence-electron chi connectivity index (χ0n) is 22.2. The number of hydrogen-bond donors (Lipinski definition) is 3. The lowest BCUT2D eigenvalue weighted by atomic mass is 9.79. The summed E-state index contributed by atoms with van der Waals surface area (Å²) in [5, 5.41) is 9.83. The highest BCUT2D eigenvalue weighted by atomic mass is 35.5. The normalized spacial score (nSPS) is 20.9. The van der Waals surface area contributed by atoms with E-state index in [0.29, 0.717) is 30.2 Å². The molecule has 1 aromatic heterocycles. The van der Waals surface area contributed by atoms with Gasteiger partial charge in [-0.3, -0.25) is 14.4 Å². The summed E-state index contributed by atoms with van der Waals surface area (Å²) in [4.78, 5) is 46.2. The van der Waals surface area contributed by atoms with Crippen LogP contribution in [-0.4, -0.2) is 71.1 Å². The molecule has 3 unspecified atom stereocenters. The number of piperidine rings is 1. The van der Waals surface area contributed by atoms with Gasteiger partial charge in [0, 0.05) is 48.3 Å². The number of H-pyrrole nitrogens is 1. The molecule has 2 aliphatic heterocycles. The SMILES string of the molecule is CCOC(=O)C1CN(C(=O)Cc2c[nH]c3cc(Cl)ccc23)CC2CN(C(=O)/C(N)=C/C(=N)c3ccccc3)CC21. The van der Waals surface area contributed by atoms with E-state index in [1.54, 1.807) is 34.9 Å². The van der Waals surface area contributed by atoms with E-state index < -0.39 is 5.92 Å². The van der Waals surface area contributed by atoms with Gasteiger partial charge in [0.25, 0.3) is 5.91 Å². The Morgan fingerprint density at radius 1 is 1.10 bits per heavy atom. The molecule has 0 bridgehead atoms. The Bertz CT molecular complexity index is 1480. The first-order chi connectivity index (χ1) is 19.2. The van der Waals surface area contributed by atoms with Crippen LogP contribution in [0.15, 0.2) is 66.5 Å². The van der Waals surface area contributed by atoms with Crippen molar-refractivity contribution in [2.24, 2.45) is 23.5 Å². The highest BCUT2D eigenvalue weighted by Crippen LogP contribution is 2.37. The van der Waals surface area contributed by atoms with Crippen molar-refractivity contribution in [3.8, 4) is 0 Å². The number of aromatic amines is 1. The minimum absolute atomic E-state index is 0.0347. The molecule has 4 N–H and O–H groups in total. The minimum atomic E-state index is -0.546. The number of nitrogens with zero attached hydrogens (tertiary/aromatic N) is 2. The summed E-state index contributed by atoms with van der Waals surface area (Å²) in [6.07, 6.45) is 3.35. The van der Waals surface area contributed by atoms with Crippen LogP contribution in [0.5, 0.6) is 0 Å². The van der Waals surface area contributed by atoms with Gasteiger partial charge in [-0.1, -0.05) is 48.0 Å². The highest BCUT2D eigenvalue weighted by molar-refractivity contribution is 6.31. The van der Waals surface area contributed by atoms with Gasteiger partial charge in [-0.05, 0) is 48.1 Å². The van der Waals surface area contributed by atoms with Gasteiger partial charge >= 0.3 is 5.97 Å².